The number of hydrogen-bond acceptors (Lipinski definition) is 5. The van der Waals surface area contributed by atoms with Crippen LogP contribution in [0.2, 0.25) is 0 Å². The molecule has 8 heteroatoms. The van der Waals surface area contributed by atoms with Gasteiger partial charge in [-0.15, -0.1) is 46.7 Å². The van der Waals surface area contributed by atoms with E-state index in [-0.39, 0.29) is 24.0 Å². The summed E-state index contributed by atoms with van der Waals surface area (Å²) in [6, 6.07) is 9.25. The van der Waals surface area contributed by atoms with Crippen molar-refractivity contribution in [1.29, 1.82) is 0 Å². The zero-order chi connectivity index (χ0) is 18.5. The van der Waals surface area contributed by atoms with Gasteiger partial charge in [0.05, 0.1) is 11.0 Å². The normalized spacial score (nSPS) is 19.5. The number of nitrogens with zero attached hydrogens (tertiary/aromatic N) is 4. The van der Waals surface area contributed by atoms with Crippen LogP contribution in [0, 0.1) is 0 Å². The molecule has 0 saturated carbocycles. The largest absolute Gasteiger partial charge is 0.360 e. The fourth-order valence-corrected chi connectivity index (χ4v) is 5.70. The van der Waals surface area contributed by atoms with Gasteiger partial charge < -0.3 is 15.1 Å². The predicted octanol–water partition coefficient (Wildman–Crippen LogP) is 3.96. The van der Waals surface area contributed by atoms with E-state index < -0.39 is 0 Å². The van der Waals surface area contributed by atoms with E-state index in [4.69, 9.17) is 0 Å². The second-order valence-corrected chi connectivity index (χ2v) is 9.03. The fourth-order valence-electron chi connectivity index (χ4n) is 4.05. The molecule has 154 valence electrons. The van der Waals surface area contributed by atoms with Crippen LogP contribution in [0.3, 0.4) is 0 Å². The van der Waals surface area contributed by atoms with Crippen LogP contribution in [0.4, 0.5) is 5.00 Å². The smallest absolute Gasteiger partial charge is 0.193 e. The van der Waals surface area contributed by atoms with E-state index in [1.54, 1.807) is 0 Å². The van der Waals surface area contributed by atoms with Crippen LogP contribution >= 0.6 is 46.7 Å². The first kappa shape index (κ1) is 21.9. The summed E-state index contributed by atoms with van der Waals surface area (Å²) in [5.41, 5.74) is 0. The molecule has 0 aliphatic carbocycles. The molecule has 0 aromatic carbocycles. The minimum absolute atomic E-state index is 0. The predicted molar refractivity (Wildman–Crippen MR) is 133 cm³/mol. The van der Waals surface area contributed by atoms with Gasteiger partial charge in [-0.2, -0.15) is 0 Å². The Balaban J connectivity index is 0.00000225. The van der Waals surface area contributed by atoms with Crippen molar-refractivity contribution < 1.29 is 0 Å². The third kappa shape index (κ3) is 5.20. The molecule has 5 nitrogen and oxygen atoms in total. The average molecular weight is 532 g/mol. The molecule has 0 amide bonds. The van der Waals surface area contributed by atoms with Gasteiger partial charge in [0.1, 0.15) is 0 Å². The number of aliphatic imine (C=N–C) groups is 1. The van der Waals surface area contributed by atoms with E-state index in [0.717, 1.165) is 38.7 Å². The number of nitrogens with one attached hydrogen (secondary N) is 1. The molecule has 28 heavy (non-hydrogen) atoms. The molecule has 1 atom stereocenters. The Hall–Kier alpha value is -0.840. The molecule has 0 spiro atoms. The summed E-state index contributed by atoms with van der Waals surface area (Å²) in [5.74, 6) is 1.04. The van der Waals surface area contributed by atoms with Gasteiger partial charge in [0.15, 0.2) is 5.96 Å². The maximum absolute atomic E-state index is 4.58. The van der Waals surface area contributed by atoms with E-state index in [1.165, 1.54) is 35.8 Å². The number of guanidine groups is 1. The number of halogens is 1. The molecule has 2 aliphatic heterocycles. The number of anilines is 1. The standard InChI is InChI=1S/C20H29N5S2.HI/c1-21-20(25-12-10-24(11-13-25)19-7-5-15-27-19)22-16-17(18-6-4-14-26-18)23-8-2-3-9-23;/h4-7,14-15,17H,2-3,8-13,16H2,1H3,(H,21,22);1H. The van der Waals surface area contributed by atoms with Crippen molar-refractivity contribution in [2.75, 3.05) is 57.8 Å². The van der Waals surface area contributed by atoms with Crippen LogP contribution in [0.15, 0.2) is 40.0 Å². The Morgan fingerprint density at radius 1 is 1.04 bits per heavy atom. The lowest BCUT2D eigenvalue weighted by molar-refractivity contribution is 0.246. The van der Waals surface area contributed by atoms with Gasteiger partial charge in [0.25, 0.3) is 0 Å². The Morgan fingerprint density at radius 3 is 2.36 bits per heavy atom. The van der Waals surface area contributed by atoms with E-state index in [2.05, 4.69) is 60.0 Å². The number of rotatable bonds is 5. The van der Waals surface area contributed by atoms with Gasteiger partial charge >= 0.3 is 0 Å². The topological polar surface area (TPSA) is 34.1 Å². The zero-order valence-electron chi connectivity index (χ0n) is 16.4. The van der Waals surface area contributed by atoms with E-state index >= 15 is 0 Å². The molecule has 2 aromatic heterocycles. The average Bonchev–Trinajstić information content (AvgIpc) is 3.49. The summed E-state index contributed by atoms with van der Waals surface area (Å²) < 4.78 is 0. The van der Waals surface area contributed by atoms with Crippen molar-refractivity contribution in [1.82, 2.24) is 15.1 Å². The Labute approximate surface area is 193 Å². The number of likely N-dealkylation sites (tertiary alicyclic amines) is 1. The molecule has 1 unspecified atom stereocenters. The molecule has 0 radical (unpaired) electrons. The van der Waals surface area contributed by atoms with Crippen LogP contribution in [0.1, 0.15) is 23.8 Å². The maximum atomic E-state index is 4.58. The van der Waals surface area contributed by atoms with E-state index in [0.29, 0.717) is 6.04 Å². The molecular weight excluding hydrogens is 501 g/mol. The summed E-state index contributed by atoms with van der Waals surface area (Å²) >= 11 is 3.70. The number of piperazine rings is 1. The minimum Gasteiger partial charge on any atom is -0.360 e. The number of thiophene rings is 2. The summed E-state index contributed by atoms with van der Waals surface area (Å²) in [6.07, 6.45) is 2.64. The molecule has 2 fully saturated rings. The molecule has 2 aliphatic rings. The van der Waals surface area contributed by atoms with Gasteiger partial charge in [-0.25, -0.2) is 0 Å². The fraction of sp³-hybridized carbons (Fsp3) is 0.550. The zero-order valence-corrected chi connectivity index (χ0v) is 20.4. The molecule has 4 heterocycles. The Morgan fingerprint density at radius 2 is 1.75 bits per heavy atom. The Bertz CT molecular complexity index is 705. The molecule has 0 bridgehead atoms. The third-order valence-electron chi connectivity index (χ3n) is 5.52. The van der Waals surface area contributed by atoms with Gasteiger partial charge in [0.2, 0.25) is 0 Å². The van der Waals surface area contributed by atoms with Crippen molar-refractivity contribution in [2.24, 2.45) is 4.99 Å². The summed E-state index contributed by atoms with van der Waals surface area (Å²) in [4.78, 5) is 13.5. The lowest BCUT2D eigenvalue weighted by atomic mass is 10.2. The highest BCUT2D eigenvalue weighted by Gasteiger charge is 2.26. The van der Waals surface area contributed by atoms with Crippen molar-refractivity contribution in [3.05, 3.63) is 39.9 Å². The van der Waals surface area contributed by atoms with Gasteiger partial charge in [-0.1, -0.05) is 6.07 Å². The highest BCUT2D eigenvalue weighted by Crippen LogP contribution is 2.28. The van der Waals surface area contributed by atoms with Gasteiger partial charge in [-0.05, 0) is 54.9 Å². The first-order valence-corrected chi connectivity index (χ1v) is 11.6. The highest BCUT2D eigenvalue weighted by molar-refractivity contribution is 14.0. The van der Waals surface area contributed by atoms with Crippen LogP contribution in [-0.2, 0) is 0 Å². The molecule has 4 rings (SSSR count). The summed E-state index contributed by atoms with van der Waals surface area (Å²) in [5, 5.41) is 9.41. The maximum Gasteiger partial charge on any atom is 0.193 e. The monoisotopic (exact) mass is 531 g/mol. The van der Waals surface area contributed by atoms with Gasteiger partial charge in [0, 0.05) is 44.6 Å². The minimum atomic E-state index is 0. The molecule has 2 saturated heterocycles. The van der Waals surface area contributed by atoms with Crippen molar-refractivity contribution in [2.45, 2.75) is 18.9 Å². The lowest BCUT2D eigenvalue weighted by Crippen LogP contribution is -2.53. The van der Waals surface area contributed by atoms with Gasteiger partial charge in [-0.3, -0.25) is 9.89 Å². The SMILES string of the molecule is CN=C(NCC(c1cccs1)N1CCCC1)N1CCN(c2cccs2)CC1.I. The summed E-state index contributed by atoms with van der Waals surface area (Å²) in [7, 11) is 1.91. The van der Waals surface area contributed by atoms with Crippen molar-refractivity contribution in [3.8, 4) is 0 Å². The van der Waals surface area contributed by atoms with Crippen LogP contribution in [0.25, 0.3) is 0 Å². The molecule has 1 N–H and O–H groups in total. The lowest BCUT2D eigenvalue weighted by Gasteiger charge is -2.37. The first-order valence-electron chi connectivity index (χ1n) is 9.86. The van der Waals surface area contributed by atoms with Crippen LogP contribution < -0.4 is 10.2 Å². The molecule has 2 aromatic rings. The third-order valence-corrected chi connectivity index (χ3v) is 7.42. The van der Waals surface area contributed by atoms with E-state index in [9.17, 15) is 0 Å². The first-order chi connectivity index (χ1) is 13.3. The Kier molecular flexibility index (Phi) is 8.43. The van der Waals surface area contributed by atoms with Crippen LogP contribution in [0.5, 0.6) is 0 Å². The van der Waals surface area contributed by atoms with E-state index in [1.807, 2.05) is 29.7 Å². The van der Waals surface area contributed by atoms with Crippen LogP contribution in [-0.4, -0.2) is 68.6 Å². The highest BCUT2D eigenvalue weighted by atomic mass is 127. The van der Waals surface area contributed by atoms with Crippen molar-refractivity contribution >= 4 is 57.6 Å². The summed E-state index contributed by atoms with van der Waals surface area (Å²) in [6.45, 7) is 7.50. The second-order valence-electron chi connectivity index (χ2n) is 7.13. The van der Waals surface area contributed by atoms with Crippen molar-refractivity contribution in [3.63, 3.8) is 0 Å². The quantitative estimate of drug-likeness (QED) is 0.360. The second kappa shape index (κ2) is 10.8. The number of hydrogen-bond donors (Lipinski definition) is 1. The molecular formula is C20H30IN5S2.